The van der Waals surface area contributed by atoms with Crippen molar-refractivity contribution in [3.8, 4) is 11.1 Å². The van der Waals surface area contributed by atoms with E-state index in [0.29, 0.717) is 19.4 Å². The van der Waals surface area contributed by atoms with E-state index in [9.17, 15) is 19.5 Å². The number of carbonyl (C=O) groups is 3. The molecule has 7 nitrogen and oxygen atoms in total. The fraction of sp³-hybridized carbons (Fsp3) is 0.423. The lowest BCUT2D eigenvalue weighted by atomic mass is 9.96. The highest BCUT2D eigenvalue weighted by atomic mass is 16.5. The SMILES string of the molecule is CCC(NC(=O)OCC1c2ccccc2-c2ccccc21)C(=O)NC[C@H]1CCC[C@H]1C(=O)O. The molecule has 1 saturated carbocycles. The van der Waals surface area contributed by atoms with Crippen molar-refractivity contribution < 1.29 is 24.2 Å². The smallest absolute Gasteiger partial charge is 0.407 e. The van der Waals surface area contributed by atoms with Crippen molar-refractivity contribution in [3.63, 3.8) is 0 Å². The second kappa shape index (κ2) is 10.1. The molecule has 174 valence electrons. The fourth-order valence-electron chi connectivity index (χ4n) is 5.10. The van der Waals surface area contributed by atoms with Crippen LogP contribution in [0.3, 0.4) is 0 Å². The molecular weight excluding hydrogens is 420 g/mol. The van der Waals surface area contributed by atoms with Gasteiger partial charge in [-0.05, 0) is 47.4 Å². The lowest BCUT2D eigenvalue weighted by Crippen LogP contribution is -2.48. The van der Waals surface area contributed by atoms with Crippen LogP contribution in [0.2, 0.25) is 0 Å². The Labute approximate surface area is 193 Å². The standard InChI is InChI=1S/C26H30N2O5/c1-2-23(24(29)27-14-16-8-7-13-17(16)25(30)31)28-26(32)33-15-22-20-11-5-3-9-18(20)19-10-4-6-12-21(19)22/h3-6,9-12,16-17,22-23H,2,7-8,13-15H2,1H3,(H,27,29)(H,28,32)(H,30,31)/t16-,17-,23?/m1/s1. The Kier molecular flexibility index (Phi) is 6.96. The van der Waals surface area contributed by atoms with Gasteiger partial charge in [-0.15, -0.1) is 0 Å². The Bertz CT molecular complexity index is 991. The molecule has 1 fully saturated rings. The van der Waals surface area contributed by atoms with Crippen LogP contribution >= 0.6 is 0 Å². The summed E-state index contributed by atoms with van der Waals surface area (Å²) in [5.74, 6) is -1.66. The molecule has 33 heavy (non-hydrogen) atoms. The average molecular weight is 451 g/mol. The van der Waals surface area contributed by atoms with Crippen LogP contribution in [-0.4, -0.2) is 42.3 Å². The molecule has 0 bridgehead atoms. The van der Waals surface area contributed by atoms with E-state index >= 15 is 0 Å². The number of rotatable bonds is 8. The van der Waals surface area contributed by atoms with Crippen molar-refractivity contribution in [2.75, 3.05) is 13.2 Å². The van der Waals surface area contributed by atoms with Crippen molar-refractivity contribution >= 4 is 18.0 Å². The molecule has 3 atom stereocenters. The maximum atomic E-state index is 12.6. The molecule has 2 aliphatic rings. The Morgan fingerprint density at radius 1 is 1.03 bits per heavy atom. The van der Waals surface area contributed by atoms with Gasteiger partial charge in [0.25, 0.3) is 0 Å². The summed E-state index contributed by atoms with van der Waals surface area (Å²) in [4.78, 5) is 36.5. The average Bonchev–Trinajstić information content (AvgIpc) is 3.42. The molecule has 0 aromatic heterocycles. The van der Waals surface area contributed by atoms with E-state index in [4.69, 9.17) is 4.74 Å². The van der Waals surface area contributed by atoms with Gasteiger partial charge in [0.1, 0.15) is 12.6 Å². The van der Waals surface area contributed by atoms with E-state index in [1.807, 2.05) is 31.2 Å². The normalized spacial score (nSPS) is 19.9. The third-order valence-corrected chi connectivity index (χ3v) is 6.88. The number of carboxylic acids is 1. The van der Waals surface area contributed by atoms with Crippen molar-refractivity contribution in [2.45, 2.75) is 44.6 Å². The minimum absolute atomic E-state index is 0.0487. The molecule has 2 aliphatic carbocycles. The van der Waals surface area contributed by atoms with Crippen LogP contribution in [0.4, 0.5) is 4.79 Å². The van der Waals surface area contributed by atoms with Crippen LogP contribution in [-0.2, 0) is 14.3 Å². The van der Waals surface area contributed by atoms with Gasteiger partial charge < -0.3 is 20.5 Å². The Morgan fingerprint density at radius 3 is 2.27 bits per heavy atom. The monoisotopic (exact) mass is 450 g/mol. The molecule has 2 aromatic rings. The van der Waals surface area contributed by atoms with Gasteiger partial charge in [0.15, 0.2) is 0 Å². The van der Waals surface area contributed by atoms with E-state index in [0.717, 1.165) is 35.1 Å². The van der Waals surface area contributed by atoms with Crippen molar-refractivity contribution in [1.82, 2.24) is 10.6 Å². The summed E-state index contributed by atoms with van der Waals surface area (Å²) in [7, 11) is 0. The summed E-state index contributed by atoms with van der Waals surface area (Å²) in [6.07, 6.45) is 2.05. The zero-order chi connectivity index (χ0) is 23.4. The quantitative estimate of drug-likeness (QED) is 0.565. The first-order valence-electron chi connectivity index (χ1n) is 11.6. The summed E-state index contributed by atoms with van der Waals surface area (Å²) < 4.78 is 5.54. The molecule has 2 amide bonds. The number of aliphatic carboxylic acids is 1. The lowest BCUT2D eigenvalue weighted by Gasteiger charge is -2.21. The maximum Gasteiger partial charge on any atom is 0.407 e. The van der Waals surface area contributed by atoms with E-state index < -0.39 is 24.0 Å². The van der Waals surface area contributed by atoms with Gasteiger partial charge in [-0.1, -0.05) is 61.9 Å². The topological polar surface area (TPSA) is 105 Å². The molecule has 0 radical (unpaired) electrons. The van der Waals surface area contributed by atoms with Gasteiger partial charge in [-0.25, -0.2) is 4.79 Å². The van der Waals surface area contributed by atoms with Gasteiger partial charge in [-0.3, -0.25) is 9.59 Å². The first-order chi connectivity index (χ1) is 16.0. The minimum atomic E-state index is -0.810. The molecule has 0 spiro atoms. The largest absolute Gasteiger partial charge is 0.481 e. The number of fused-ring (bicyclic) bond motifs is 3. The van der Waals surface area contributed by atoms with Gasteiger partial charge in [0.05, 0.1) is 5.92 Å². The number of benzene rings is 2. The highest BCUT2D eigenvalue weighted by Gasteiger charge is 2.34. The molecule has 2 aromatic carbocycles. The molecule has 7 heteroatoms. The van der Waals surface area contributed by atoms with Gasteiger partial charge in [0, 0.05) is 12.5 Å². The van der Waals surface area contributed by atoms with E-state index in [2.05, 4.69) is 34.9 Å². The lowest BCUT2D eigenvalue weighted by molar-refractivity contribution is -0.143. The Hall–Kier alpha value is -3.35. The van der Waals surface area contributed by atoms with Crippen LogP contribution in [0.5, 0.6) is 0 Å². The summed E-state index contributed by atoms with van der Waals surface area (Å²) in [5, 5.41) is 14.8. The van der Waals surface area contributed by atoms with E-state index in [1.165, 1.54) is 0 Å². The molecule has 3 N–H and O–H groups in total. The summed E-state index contributed by atoms with van der Waals surface area (Å²) in [6, 6.07) is 15.5. The number of hydrogen-bond acceptors (Lipinski definition) is 4. The third-order valence-electron chi connectivity index (χ3n) is 6.88. The van der Waals surface area contributed by atoms with E-state index in [-0.39, 0.29) is 24.3 Å². The zero-order valence-electron chi connectivity index (χ0n) is 18.8. The fourth-order valence-corrected chi connectivity index (χ4v) is 5.10. The van der Waals surface area contributed by atoms with Crippen LogP contribution in [0, 0.1) is 11.8 Å². The minimum Gasteiger partial charge on any atom is -0.481 e. The number of carboxylic acid groups (broad SMARTS) is 1. The Balaban J connectivity index is 1.32. The molecule has 0 heterocycles. The first-order valence-corrected chi connectivity index (χ1v) is 11.6. The van der Waals surface area contributed by atoms with Gasteiger partial charge >= 0.3 is 12.1 Å². The third kappa shape index (κ3) is 4.87. The number of hydrogen-bond donors (Lipinski definition) is 3. The summed E-state index contributed by atoms with van der Waals surface area (Å²) in [5.41, 5.74) is 4.56. The summed E-state index contributed by atoms with van der Waals surface area (Å²) >= 11 is 0. The van der Waals surface area contributed by atoms with Crippen molar-refractivity contribution in [1.29, 1.82) is 0 Å². The molecular formula is C26H30N2O5. The maximum absolute atomic E-state index is 12.6. The summed E-state index contributed by atoms with van der Waals surface area (Å²) in [6.45, 7) is 2.29. The van der Waals surface area contributed by atoms with Crippen LogP contribution in [0.15, 0.2) is 48.5 Å². The van der Waals surface area contributed by atoms with Crippen molar-refractivity contribution in [2.24, 2.45) is 11.8 Å². The zero-order valence-corrected chi connectivity index (χ0v) is 18.8. The highest BCUT2D eigenvalue weighted by Crippen LogP contribution is 2.44. The molecule has 1 unspecified atom stereocenters. The molecule has 0 saturated heterocycles. The predicted molar refractivity (Wildman–Crippen MR) is 124 cm³/mol. The van der Waals surface area contributed by atoms with Gasteiger partial charge in [0.2, 0.25) is 5.91 Å². The number of alkyl carbamates (subject to hydrolysis) is 1. The molecule has 0 aliphatic heterocycles. The van der Waals surface area contributed by atoms with Crippen molar-refractivity contribution in [3.05, 3.63) is 59.7 Å². The predicted octanol–water partition coefficient (Wildman–Crippen LogP) is 3.92. The van der Waals surface area contributed by atoms with Crippen LogP contribution in [0.1, 0.15) is 49.7 Å². The van der Waals surface area contributed by atoms with Crippen LogP contribution < -0.4 is 10.6 Å². The van der Waals surface area contributed by atoms with Gasteiger partial charge in [-0.2, -0.15) is 0 Å². The Morgan fingerprint density at radius 2 is 1.67 bits per heavy atom. The number of ether oxygens (including phenoxy) is 1. The molecule has 4 rings (SSSR count). The number of amides is 2. The second-order valence-electron chi connectivity index (χ2n) is 8.81. The van der Waals surface area contributed by atoms with E-state index in [1.54, 1.807) is 0 Å². The number of nitrogens with one attached hydrogen (secondary N) is 2. The second-order valence-corrected chi connectivity index (χ2v) is 8.81. The highest BCUT2D eigenvalue weighted by molar-refractivity contribution is 5.85. The number of carbonyl (C=O) groups excluding carboxylic acids is 2. The van der Waals surface area contributed by atoms with Crippen LogP contribution in [0.25, 0.3) is 11.1 Å². The first kappa shape index (κ1) is 22.8.